The van der Waals surface area contributed by atoms with Crippen molar-refractivity contribution in [3.05, 3.63) is 64.4 Å². The molecule has 26 heavy (non-hydrogen) atoms. The minimum atomic E-state index is -4.18. The van der Waals surface area contributed by atoms with Crippen LogP contribution in [0.1, 0.15) is 15.9 Å². The van der Waals surface area contributed by atoms with E-state index < -0.39 is 37.3 Å². The van der Waals surface area contributed by atoms with Crippen LogP contribution >= 0.6 is 11.6 Å². The normalized spacial score (nSPS) is 11.7. The highest BCUT2D eigenvalue weighted by Crippen LogP contribution is 2.27. The number of benzene rings is 2. The number of hydrogen-bond donors (Lipinski definition) is 1. The number of methoxy groups -OCH3 is 1. The summed E-state index contributed by atoms with van der Waals surface area (Å²) < 4.78 is 45.9. The van der Waals surface area contributed by atoms with Gasteiger partial charge in [-0.05, 0) is 17.7 Å². The van der Waals surface area contributed by atoms with E-state index in [2.05, 4.69) is 0 Å². The molecule has 0 saturated heterocycles. The summed E-state index contributed by atoms with van der Waals surface area (Å²) in [4.78, 5) is 10.7. The molecule has 0 spiro atoms. The van der Waals surface area contributed by atoms with Crippen molar-refractivity contribution in [2.24, 2.45) is 0 Å². The lowest BCUT2D eigenvalue weighted by Crippen LogP contribution is -2.33. The molecule has 0 bridgehead atoms. The van der Waals surface area contributed by atoms with E-state index in [1.165, 1.54) is 7.11 Å². The number of sulfonamides is 1. The van der Waals surface area contributed by atoms with Gasteiger partial charge in [-0.15, -0.1) is 0 Å². The topological polar surface area (TPSA) is 83.9 Å². The first-order chi connectivity index (χ1) is 12.3. The van der Waals surface area contributed by atoms with Gasteiger partial charge in [0.05, 0.1) is 22.1 Å². The molecule has 0 atom stereocenters. The number of carboxylic acids is 1. The number of carboxylic acid groups (broad SMARTS) is 1. The van der Waals surface area contributed by atoms with Crippen LogP contribution in [0.25, 0.3) is 0 Å². The highest BCUT2D eigenvalue weighted by Gasteiger charge is 2.28. The van der Waals surface area contributed by atoms with Crippen LogP contribution in [0.2, 0.25) is 5.02 Å². The van der Waals surface area contributed by atoms with Gasteiger partial charge in [0.15, 0.2) is 0 Å². The molecule has 1 N–H and O–H groups in total. The van der Waals surface area contributed by atoms with Crippen molar-refractivity contribution in [2.45, 2.75) is 11.4 Å². The van der Waals surface area contributed by atoms with Gasteiger partial charge in [-0.3, -0.25) is 0 Å². The van der Waals surface area contributed by atoms with Crippen LogP contribution in [0.3, 0.4) is 0 Å². The summed E-state index contributed by atoms with van der Waals surface area (Å²) in [6.45, 7) is 0.160. The lowest BCUT2D eigenvalue weighted by molar-refractivity contribution is 0.0696. The molecule has 9 heteroatoms. The Kier molecular flexibility index (Phi) is 6.71. The number of ether oxygens (including phenoxy) is 1. The van der Waals surface area contributed by atoms with Crippen molar-refractivity contribution < 1.29 is 27.4 Å². The number of aromatic carboxylic acids is 1. The SMILES string of the molecule is COCCN(Cc1ccccc1)S(=O)(=O)c1cc(F)c(Cl)c(C(=O)O)c1. The van der Waals surface area contributed by atoms with Gasteiger partial charge in [0.1, 0.15) is 5.82 Å². The zero-order valence-corrected chi connectivity index (χ0v) is 15.4. The Bertz CT molecular complexity index is 890. The third-order valence-corrected chi connectivity index (χ3v) is 5.82. The van der Waals surface area contributed by atoms with Gasteiger partial charge in [0.25, 0.3) is 0 Å². The minimum absolute atomic E-state index is 0.0143. The van der Waals surface area contributed by atoms with E-state index in [4.69, 9.17) is 21.4 Å². The van der Waals surface area contributed by atoms with E-state index in [9.17, 15) is 17.6 Å². The molecule has 2 aromatic rings. The van der Waals surface area contributed by atoms with Crippen molar-refractivity contribution in [3.8, 4) is 0 Å². The van der Waals surface area contributed by atoms with Crippen LogP contribution in [0.5, 0.6) is 0 Å². The van der Waals surface area contributed by atoms with Gasteiger partial charge < -0.3 is 9.84 Å². The van der Waals surface area contributed by atoms with Gasteiger partial charge >= 0.3 is 5.97 Å². The molecule has 0 radical (unpaired) electrons. The average molecular weight is 402 g/mol. The van der Waals surface area contributed by atoms with Crippen molar-refractivity contribution in [2.75, 3.05) is 20.3 Å². The molecule has 0 saturated carbocycles. The van der Waals surface area contributed by atoms with Crippen molar-refractivity contribution in [1.82, 2.24) is 4.31 Å². The maximum absolute atomic E-state index is 14.0. The first kappa shape index (κ1) is 20.3. The van der Waals surface area contributed by atoms with Crippen LogP contribution in [0.4, 0.5) is 4.39 Å². The summed E-state index contributed by atoms with van der Waals surface area (Å²) in [6, 6.07) is 10.4. The molecular weight excluding hydrogens is 385 g/mol. The molecule has 0 aliphatic rings. The van der Waals surface area contributed by atoms with Crippen molar-refractivity contribution in [3.63, 3.8) is 0 Å². The predicted octanol–water partition coefficient (Wildman–Crippen LogP) is 3.01. The molecule has 0 fully saturated rings. The first-order valence-electron chi connectivity index (χ1n) is 7.52. The summed E-state index contributed by atoms with van der Waals surface area (Å²) in [7, 11) is -2.75. The molecule has 0 unspecified atom stereocenters. The maximum atomic E-state index is 14.0. The molecule has 2 rings (SSSR count). The van der Waals surface area contributed by atoms with Crippen LogP contribution in [-0.2, 0) is 21.3 Å². The molecule has 0 heterocycles. The van der Waals surface area contributed by atoms with E-state index in [1.54, 1.807) is 30.3 Å². The Morgan fingerprint density at radius 1 is 1.27 bits per heavy atom. The van der Waals surface area contributed by atoms with Crippen LogP contribution in [0.15, 0.2) is 47.4 Å². The Morgan fingerprint density at radius 3 is 2.50 bits per heavy atom. The second-order valence-corrected chi connectivity index (χ2v) is 7.70. The summed E-state index contributed by atoms with van der Waals surface area (Å²) >= 11 is 5.62. The fourth-order valence-electron chi connectivity index (χ4n) is 2.28. The third-order valence-electron chi connectivity index (χ3n) is 3.62. The summed E-state index contributed by atoms with van der Waals surface area (Å²) in [5, 5.41) is 8.48. The lowest BCUT2D eigenvalue weighted by atomic mass is 10.2. The van der Waals surface area contributed by atoms with Gasteiger partial charge in [0, 0.05) is 20.2 Å². The molecule has 0 amide bonds. The summed E-state index contributed by atoms with van der Waals surface area (Å²) in [6.07, 6.45) is 0. The zero-order valence-electron chi connectivity index (χ0n) is 13.9. The van der Waals surface area contributed by atoms with E-state index in [1.807, 2.05) is 0 Å². The van der Waals surface area contributed by atoms with E-state index in [0.29, 0.717) is 0 Å². The molecule has 0 aliphatic heterocycles. The number of hydrogen-bond acceptors (Lipinski definition) is 4. The highest BCUT2D eigenvalue weighted by molar-refractivity contribution is 7.89. The fourth-order valence-corrected chi connectivity index (χ4v) is 3.92. The zero-order chi connectivity index (χ0) is 19.3. The maximum Gasteiger partial charge on any atom is 0.337 e. The second-order valence-electron chi connectivity index (χ2n) is 5.39. The molecule has 6 nitrogen and oxygen atoms in total. The van der Waals surface area contributed by atoms with Gasteiger partial charge in [-0.25, -0.2) is 17.6 Å². The van der Waals surface area contributed by atoms with Crippen molar-refractivity contribution in [1.29, 1.82) is 0 Å². The molecular formula is C17H17ClFNO5S. The van der Waals surface area contributed by atoms with Gasteiger partial charge in [-0.2, -0.15) is 4.31 Å². The number of carbonyl (C=O) groups is 1. The molecule has 0 aliphatic carbocycles. The number of rotatable bonds is 8. The minimum Gasteiger partial charge on any atom is -0.478 e. The third kappa shape index (κ3) is 4.59. The Labute approximate surface area is 155 Å². The quantitative estimate of drug-likeness (QED) is 0.735. The van der Waals surface area contributed by atoms with Crippen LogP contribution in [-0.4, -0.2) is 44.1 Å². The number of nitrogens with zero attached hydrogens (tertiary/aromatic N) is 1. The van der Waals surface area contributed by atoms with E-state index in [-0.39, 0.29) is 19.7 Å². The molecule has 0 aromatic heterocycles. The Balaban J connectivity index is 2.47. The summed E-state index contributed by atoms with van der Waals surface area (Å²) in [5.74, 6) is -2.63. The average Bonchev–Trinajstić information content (AvgIpc) is 2.61. The predicted molar refractivity (Wildman–Crippen MR) is 94.3 cm³/mol. The smallest absolute Gasteiger partial charge is 0.337 e. The standard InChI is InChI=1S/C17H17ClFNO5S/c1-25-8-7-20(11-12-5-3-2-4-6-12)26(23,24)13-9-14(17(21)22)16(18)15(19)10-13/h2-6,9-10H,7-8,11H2,1H3,(H,21,22). The Hall–Kier alpha value is -2.00. The molecule has 2 aromatic carbocycles. The first-order valence-corrected chi connectivity index (χ1v) is 9.34. The highest BCUT2D eigenvalue weighted by atomic mass is 35.5. The number of halogens is 2. The summed E-state index contributed by atoms with van der Waals surface area (Å²) in [5.41, 5.74) is 0.108. The largest absolute Gasteiger partial charge is 0.478 e. The molecule has 140 valence electrons. The monoisotopic (exact) mass is 401 g/mol. The van der Waals surface area contributed by atoms with Gasteiger partial charge in [0.2, 0.25) is 10.0 Å². The van der Waals surface area contributed by atoms with Crippen molar-refractivity contribution >= 4 is 27.6 Å². The second kappa shape index (κ2) is 8.59. The van der Waals surface area contributed by atoms with Crippen LogP contribution in [0, 0.1) is 5.82 Å². The Morgan fingerprint density at radius 2 is 1.92 bits per heavy atom. The van der Waals surface area contributed by atoms with E-state index in [0.717, 1.165) is 22.0 Å². The van der Waals surface area contributed by atoms with Crippen LogP contribution < -0.4 is 0 Å². The van der Waals surface area contributed by atoms with Gasteiger partial charge in [-0.1, -0.05) is 41.9 Å². The fraction of sp³-hybridized carbons (Fsp3) is 0.235. The lowest BCUT2D eigenvalue weighted by Gasteiger charge is -2.22. The van der Waals surface area contributed by atoms with E-state index >= 15 is 0 Å².